The fourth-order valence-corrected chi connectivity index (χ4v) is 5.64. The zero-order valence-electron chi connectivity index (χ0n) is 13.9. The molecule has 0 aromatic heterocycles. The van der Waals surface area contributed by atoms with Crippen molar-refractivity contribution >= 4 is 21.7 Å². The van der Waals surface area contributed by atoms with Gasteiger partial charge in [-0.05, 0) is 25.7 Å². The topological polar surface area (TPSA) is 92.3 Å². The van der Waals surface area contributed by atoms with Crippen LogP contribution in [0.4, 0.5) is 0 Å². The zero-order chi connectivity index (χ0) is 16.9. The lowest BCUT2D eigenvalue weighted by Gasteiger charge is -2.36. The summed E-state index contributed by atoms with van der Waals surface area (Å²) >= 11 is 0. The molecule has 0 aromatic rings. The molecule has 2 rings (SSSR count). The summed E-state index contributed by atoms with van der Waals surface area (Å²) in [4.78, 5) is 24.4. The molecule has 0 unspecified atom stereocenters. The van der Waals surface area contributed by atoms with E-state index in [0.29, 0.717) is 25.7 Å². The van der Waals surface area contributed by atoms with Gasteiger partial charge in [0.15, 0.2) is 9.84 Å². The van der Waals surface area contributed by atoms with E-state index in [0.717, 1.165) is 32.1 Å². The molecule has 2 fully saturated rings. The Bertz CT molecular complexity index is 532. The van der Waals surface area contributed by atoms with Gasteiger partial charge < -0.3 is 10.6 Å². The number of hydrogen-bond donors (Lipinski definition) is 2. The third kappa shape index (κ3) is 4.46. The second-order valence-corrected chi connectivity index (χ2v) is 9.19. The SMILES string of the molecule is CNC(=O)C1(NC(=O)CCS(=O)(=O)C2CCCC2)CCCCC1. The number of sulfone groups is 1. The van der Waals surface area contributed by atoms with Gasteiger partial charge in [0.2, 0.25) is 11.8 Å². The van der Waals surface area contributed by atoms with Crippen molar-refractivity contribution in [2.75, 3.05) is 12.8 Å². The monoisotopic (exact) mass is 344 g/mol. The second kappa shape index (κ2) is 7.64. The molecule has 6 nitrogen and oxygen atoms in total. The van der Waals surface area contributed by atoms with Crippen LogP contribution in [0.1, 0.15) is 64.2 Å². The van der Waals surface area contributed by atoms with E-state index >= 15 is 0 Å². The van der Waals surface area contributed by atoms with Crippen molar-refractivity contribution in [3.05, 3.63) is 0 Å². The van der Waals surface area contributed by atoms with Crippen LogP contribution in [0.5, 0.6) is 0 Å². The van der Waals surface area contributed by atoms with E-state index in [9.17, 15) is 18.0 Å². The van der Waals surface area contributed by atoms with Crippen LogP contribution in [0, 0.1) is 0 Å². The molecule has 0 aliphatic heterocycles. The lowest BCUT2D eigenvalue weighted by atomic mass is 9.80. The maximum absolute atomic E-state index is 12.2. The Balaban J connectivity index is 1.93. The van der Waals surface area contributed by atoms with Gasteiger partial charge in [-0.15, -0.1) is 0 Å². The molecule has 0 spiro atoms. The van der Waals surface area contributed by atoms with Gasteiger partial charge in [0.1, 0.15) is 5.54 Å². The number of nitrogens with one attached hydrogen (secondary N) is 2. The van der Waals surface area contributed by atoms with Crippen LogP contribution in [-0.2, 0) is 19.4 Å². The van der Waals surface area contributed by atoms with Gasteiger partial charge in [-0.1, -0.05) is 32.1 Å². The predicted molar refractivity (Wildman–Crippen MR) is 88.7 cm³/mol. The lowest BCUT2D eigenvalue weighted by molar-refractivity contribution is -0.134. The third-order valence-corrected chi connectivity index (χ3v) is 7.43. The molecule has 0 radical (unpaired) electrons. The Morgan fingerprint density at radius 1 is 1.04 bits per heavy atom. The molecule has 2 aliphatic rings. The van der Waals surface area contributed by atoms with Crippen molar-refractivity contribution < 1.29 is 18.0 Å². The standard InChI is InChI=1S/C16H28N2O4S/c1-17-15(20)16(10-5-2-6-11-16)18-14(19)9-12-23(21,22)13-7-3-4-8-13/h13H,2-12H2,1H3,(H,17,20)(H,18,19). The first kappa shape index (κ1) is 18.2. The minimum Gasteiger partial charge on any atom is -0.357 e. The first-order valence-corrected chi connectivity index (χ1v) is 10.4. The summed E-state index contributed by atoms with van der Waals surface area (Å²) in [5, 5.41) is 5.18. The summed E-state index contributed by atoms with van der Waals surface area (Å²) in [6.07, 6.45) is 7.37. The molecule has 23 heavy (non-hydrogen) atoms. The number of likely N-dealkylation sites (N-methyl/N-ethyl adjacent to an activating group) is 1. The Hall–Kier alpha value is -1.11. The quantitative estimate of drug-likeness (QED) is 0.759. The molecular weight excluding hydrogens is 316 g/mol. The summed E-state index contributed by atoms with van der Waals surface area (Å²) < 4.78 is 24.5. The third-order valence-electron chi connectivity index (χ3n) is 5.17. The van der Waals surface area contributed by atoms with Crippen LogP contribution in [0.25, 0.3) is 0 Å². The predicted octanol–water partition coefficient (Wildman–Crippen LogP) is 1.30. The molecule has 7 heteroatoms. The molecule has 0 atom stereocenters. The van der Waals surface area contributed by atoms with E-state index in [1.165, 1.54) is 0 Å². The number of carbonyl (C=O) groups excluding carboxylic acids is 2. The van der Waals surface area contributed by atoms with Gasteiger partial charge in [-0.3, -0.25) is 9.59 Å². The van der Waals surface area contributed by atoms with Gasteiger partial charge in [-0.25, -0.2) is 8.42 Å². The fraction of sp³-hybridized carbons (Fsp3) is 0.875. The fourth-order valence-electron chi connectivity index (χ4n) is 3.78. The first-order valence-electron chi connectivity index (χ1n) is 8.64. The largest absolute Gasteiger partial charge is 0.357 e. The Morgan fingerprint density at radius 3 is 2.22 bits per heavy atom. The van der Waals surface area contributed by atoms with Crippen LogP contribution in [0.15, 0.2) is 0 Å². The molecule has 2 saturated carbocycles. The molecule has 0 saturated heterocycles. The van der Waals surface area contributed by atoms with Crippen LogP contribution in [0.3, 0.4) is 0 Å². The van der Waals surface area contributed by atoms with Gasteiger partial charge in [0, 0.05) is 13.5 Å². The number of hydrogen-bond acceptors (Lipinski definition) is 4. The van der Waals surface area contributed by atoms with E-state index in [4.69, 9.17) is 0 Å². The highest BCUT2D eigenvalue weighted by Gasteiger charge is 2.40. The highest BCUT2D eigenvalue weighted by Crippen LogP contribution is 2.29. The average molecular weight is 344 g/mol. The Labute approximate surface area is 138 Å². The summed E-state index contributed by atoms with van der Waals surface area (Å²) in [7, 11) is -1.64. The van der Waals surface area contributed by atoms with E-state index < -0.39 is 15.4 Å². The molecule has 0 heterocycles. The number of carbonyl (C=O) groups is 2. The van der Waals surface area contributed by atoms with Crippen molar-refractivity contribution in [2.45, 2.75) is 75.0 Å². The Kier molecular flexibility index (Phi) is 6.06. The van der Waals surface area contributed by atoms with Gasteiger partial charge in [0.05, 0.1) is 11.0 Å². The van der Waals surface area contributed by atoms with Crippen molar-refractivity contribution in [1.29, 1.82) is 0 Å². The van der Waals surface area contributed by atoms with E-state index in [1.54, 1.807) is 7.05 Å². The number of amides is 2. The maximum Gasteiger partial charge on any atom is 0.245 e. The van der Waals surface area contributed by atoms with Gasteiger partial charge in [0.25, 0.3) is 0 Å². The average Bonchev–Trinajstić information content (AvgIpc) is 3.08. The van der Waals surface area contributed by atoms with Gasteiger partial charge in [-0.2, -0.15) is 0 Å². The van der Waals surface area contributed by atoms with E-state index in [2.05, 4.69) is 10.6 Å². The van der Waals surface area contributed by atoms with Crippen molar-refractivity contribution in [1.82, 2.24) is 10.6 Å². The highest BCUT2D eigenvalue weighted by molar-refractivity contribution is 7.92. The zero-order valence-corrected chi connectivity index (χ0v) is 14.7. The minimum atomic E-state index is -3.20. The van der Waals surface area contributed by atoms with Gasteiger partial charge >= 0.3 is 0 Å². The lowest BCUT2D eigenvalue weighted by Crippen LogP contribution is -2.59. The van der Waals surface area contributed by atoms with E-state index in [1.807, 2.05) is 0 Å². The summed E-state index contributed by atoms with van der Waals surface area (Å²) in [5.41, 5.74) is -0.860. The second-order valence-electron chi connectivity index (χ2n) is 6.79. The minimum absolute atomic E-state index is 0.0580. The molecular formula is C16H28N2O4S. The van der Waals surface area contributed by atoms with Crippen LogP contribution >= 0.6 is 0 Å². The molecule has 2 aliphatic carbocycles. The highest BCUT2D eigenvalue weighted by atomic mass is 32.2. The normalized spacial score (nSPS) is 21.8. The van der Waals surface area contributed by atoms with Crippen molar-refractivity contribution in [3.8, 4) is 0 Å². The molecule has 2 N–H and O–H groups in total. The Morgan fingerprint density at radius 2 is 1.65 bits per heavy atom. The number of rotatable bonds is 6. The summed E-state index contributed by atoms with van der Waals surface area (Å²) in [6, 6.07) is 0. The molecule has 0 aromatic carbocycles. The summed E-state index contributed by atoms with van der Waals surface area (Å²) in [6.45, 7) is 0. The molecule has 2 amide bonds. The van der Waals surface area contributed by atoms with Crippen LogP contribution in [0.2, 0.25) is 0 Å². The summed E-state index contributed by atoms with van der Waals surface area (Å²) in [5.74, 6) is -0.630. The molecule has 132 valence electrons. The van der Waals surface area contributed by atoms with Crippen LogP contribution in [-0.4, -0.2) is 43.8 Å². The van der Waals surface area contributed by atoms with Crippen molar-refractivity contribution in [3.63, 3.8) is 0 Å². The molecule has 0 bridgehead atoms. The first-order chi connectivity index (χ1) is 10.9. The smallest absolute Gasteiger partial charge is 0.245 e. The van der Waals surface area contributed by atoms with E-state index in [-0.39, 0.29) is 29.2 Å². The van der Waals surface area contributed by atoms with Crippen LogP contribution < -0.4 is 10.6 Å². The maximum atomic E-state index is 12.2. The van der Waals surface area contributed by atoms with Crippen molar-refractivity contribution in [2.24, 2.45) is 0 Å².